The summed E-state index contributed by atoms with van der Waals surface area (Å²) >= 11 is 0. The molecule has 10 rings (SSSR count). The molecule has 0 aliphatic rings. The van der Waals surface area contributed by atoms with E-state index in [4.69, 9.17) is 13.8 Å². The van der Waals surface area contributed by atoms with E-state index in [-0.39, 0.29) is 5.89 Å². The second kappa shape index (κ2) is 14.1. The Morgan fingerprint density at radius 2 is 0.914 bits per heavy atom. The summed E-state index contributed by atoms with van der Waals surface area (Å²) < 4.78 is 67.3. The first-order valence-electron chi connectivity index (χ1n) is 18.2. The third-order valence-electron chi connectivity index (χ3n) is 10.0. The lowest BCUT2D eigenvalue weighted by Gasteiger charge is -2.13. The first kappa shape index (κ1) is 34.7. The number of benzene rings is 6. The molecule has 0 aliphatic carbocycles. The third kappa shape index (κ3) is 6.17. The molecule has 0 saturated carbocycles. The topological polar surface area (TPSA) is 77.8 Å². The monoisotopic (exact) mass is 766 g/mol. The molecular weight excluding hydrogens is 741 g/mol. The molecule has 58 heavy (non-hydrogen) atoms. The second-order valence-corrected chi connectivity index (χ2v) is 13.6. The number of pyridine rings is 2. The Labute approximate surface area is 327 Å². The molecule has 0 fully saturated rings. The van der Waals surface area contributed by atoms with Gasteiger partial charge < -0.3 is 8.83 Å². The summed E-state index contributed by atoms with van der Waals surface area (Å²) in [5.41, 5.74) is 10.3. The van der Waals surface area contributed by atoms with Gasteiger partial charge in [0, 0.05) is 28.5 Å². The first-order chi connectivity index (χ1) is 28.4. The number of para-hydroxylation sites is 2. The highest BCUT2D eigenvalue weighted by molar-refractivity contribution is 5.85. The quantitative estimate of drug-likeness (QED) is 0.0913. The van der Waals surface area contributed by atoms with Crippen LogP contribution in [0.2, 0.25) is 0 Å². The molecule has 10 aromatic rings. The molecule has 0 radical (unpaired) electrons. The van der Waals surface area contributed by atoms with Crippen molar-refractivity contribution in [2.45, 2.75) is 0 Å². The summed E-state index contributed by atoms with van der Waals surface area (Å²) in [7, 11) is 0. The van der Waals surface area contributed by atoms with Crippen LogP contribution >= 0.6 is 0 Å². The average Bonchev–Trinajstić information content (AvgIpc) is 3.94. The van der Waals surface area contributed by atoms with Gasteiger partial charge in [0.2, 0.25) is 23.4 Å². The molecule has 0 aliphatic heterocycles. The van der Waals surface area contributed by atoms with Gasteiger partial charge in [0.25, 0.3) is 0 Å². The van der Waals surface area contributed by atoms with E-state index in [2.05, 4.69) is 57.4 Å². The van der Waals surface area contributed by atoms with Crippen molar-refractivity contribution >= 4 is 22.2 Å². The summed E-state index contributed by atoms with van der Waals surface area (Å²) in [6.07, 6.45) is 1.75. The van der Waals surface area contributed by atoms with E-state index < -0.39 is 34.4 Å². The van der Waals surface area contributed by atoms with Crippen LogP contribution in [0.25, 0.3) is 101 Å². The Morgan fingerprint density at radius 3 is 1.52 bits per heavy atom. The van der Waals surface area contributed by atoms with Gasteiger partial charge in [0.05, 0.1) is 17.1 Å². The van der Waals surface area contributed by atoms with Gasteiger partial charge in [0.15, 0.2) is 28.3 Å². The summed E-state index contributed by atoms with van der Waals surface area (Å²) in [5, 5.41) is 0. The van der Waals surface area contributed by atoms with E-state index in [1.807, 2.05) is 84.9 Å². The number of fused-ring (bicyclic) bond motifs is 2. The molecule has 0 amide bonds. The third-order valence-corrected chi connectivity index (χ3v) is 10.0. The summed E-state index contributed by atoms with van der Waals surface area (Å²) in [5.74, 6) is -6.73. The smallest absolute Gasteiger partial charge is 0.227 e. The van der Waals surface area contributed by atoms with Crippen molar-refractivity contribution in [3.05, 3.63) is 181 Å². The van der Waals surface area contributed by atoms with Crippen LogP contribution in [-0.2, 0) is 0 Å². The van der Waals surface area contributed by atoms with Crippen LogP contribution < -0.4 is 0 Å². The fraction of sp³-hybridized carbons (Fsp3) is 0. The number of hydrogen-bond donors (Lipinski definition) is 0. The molecule has 4 heterocycles. The molecule has 0 atom stereocenters. The number of rotatable bonds is 7. The Kier molecular flexibility index (Phi) is 8.44. The second-order valence-electron chi connectivity index (χ2n) is 13.6. The van der Waals surface area contributed by atoms with Gasteiger partial charge in [0.1, 0.15) is 5.52 Å². The minimum absolute atomic E-state index is 0.170. The molecule has 0 spiro atoms. The predicted octanol–water partition coefficient (Wildman–Crippen LogP) is 13.0. The van der Waals surface area contributed by atoms with Crippen molar-refractivity contribution in [3.8, 4) is 78.9 Å². The summed E-state index contributed by atoms with van der Waals surface area (Å²) in [4.78, 5) is 18.2. The van der Waals surface area contributed by atoms with E-state index in [0.717, 1.165) is 72.7 Å². The largest absolute Gasteiger partial charge is 0.436 e. The lowest BCUT2D eigenvalue weighted by molar-refractivity contribution is 0.411. The van der Waals surface area contributed by atoms with Gasteiger partial charge in [-0.3, -0.25) is 4.98 Å². The van der Waals surface area contributed by atoms with E-state index in [9.17, 15) is 17.6 Å². The normalized spacial score (nSPS) is 11.4. The maximum absolute atomic E-state index is 14.3. The maximum atomic E-state index is 14.3. The Bertz CT molecular complexity index is 3050. The highest BCUT2D eigenvalue weighted by Crippen LogP contribution is 2.37. The van der Waals surface area contributed by atoms with Gasteiger partial charge >= 0.3 is 0 Å². The number of nitrogens with zero attached hydrogens (tertiary/aromatic N) is 4. The summed E-state index contributed by atoms with van der Waals surface area (Å²) in [6.45, 7) is 0. The fourth-order valence-corrected chi connectivity index (χ4v) is 6.98. The van der Waals surface area contributed by atoms with Gasteiger partial charge in [-0.1, -0.05) is 91.0 Å². The van der Waals surface area contributed by atoms with Crippen molar-refractivity contribution in [3.63, 3.8) is 0 Å². The van der Waals surface area contributed by atoms with Crippen LogP contribution in [0.4, 0.5) is 17.6 Å². The van der Waals surface area contributed by atoms with Gasteiger partial charge in [-0.2, -0.15) is 4.39 Å². The van der Waals surface area contributed by atoms with Gasteiger partial charge in [-0.05, 0) is 88.5 Å². The summed E-state index contributed by atoms with van der Waals surface area (Å²) in [6, 6.07) is 48.8. The van der Waals surface area contributed by atoms with Crippen molar-refractivity contribution < 1.29 is 26.4 Å². The molecule has 6 aromatic carbocycles. The highest BCUT2D eigenvalue weighted by Gasteiger charge is 2.26. The molecule has 0 unspecified atom stereocenters. The van der Waals surface area contributed by atoms with E-state index in [0.29, 0.717) is 11.5 Å². The number of oxazole rings is 2. The maximum Gasteiger partial charge on any atom is 0.227 e. The standard InChI is InChI=1S/C48H26F4N4O2/c49-40-41(50)43(52)46-45(42(40)51)56-48(58-46)34-22-14-29(15-23-34)27-8-16-31(17-9-27)35-24-25-37(36-5-3-4-26-53-36)54-44(35)32-18-10-28(11-19-32)30-12-20-33(21-13-30)47-55-38-6-1-2-7-39(38)57-47/h1-26H. The fourth-order valence-electron chi connectivity index (χ4n) is 6.98. The van der Waals surface area contributed by atoms with Crippen molar-refractivity contribution in [2.24, 2.45) is 0 Å². The van der Waals surface area contributed by atoms with Crippen LogP contribution in [0.1, 0.15) is 0 Å². The van der Waals surface area contributed by atoms with Crippen molar-refractivity contribution in [1.29, 1.82) is 0 Å². The first-order valence-corrected chi connectivity index (χ1v) is 18.2. The zero-order valence-corrected chi connectivity index (χ0v) is 30.1. The van der Waals surface area contributed by atoms with E-state index in [1.165, 1.54) is 0 Å². The van der Waals surface area contributed by atoms with Crippen LogP contribution in [0.3, 0.4) is 0 Å². The predicted molar refractivity (Wildman–Crippen MR) is 215 cm³/mol. The van der Waals surface area contributed by atoms with Gasteiger partial charge in [-0.25, -0.2) is 28.1 Å². The van der Waals surface area contributed by atoms with Crippen LogP contribution in [-0.4, -0.2) is 19.9 Å². The molecule has 278 valence electrons. The van der Waals surface area contributed by atoms with E-state index >= 15 is 0 Å². The number of aromatic nitrogens is 4. The zero-order valence-electron chi connectivity index (χ0n) is 30.1. The van der Waals surface area contributed by atoms with Crippen molar-refractivity contribution in [1.82, 2.24) is 19.9 Å². The molecule has 10 heteroatoms. The Balaban J connectivity index is 0.938. The highest BCUT2D eigenvalue weighted by atomic mass is 19.2. The van der Waals surface area contributed by atoms with Crippen LogP contribution in [0.5, 0.6) is 0 Å². The molecule has 0 N–H and O–H groups in total. The lowest BCUT2D eigenvalue weighted by Crippen LogP contribution is -1.96. The molecular formula is C48H26F4N4O2. The minimum Gasteiger partial charge on any atom is -0.436 e. The Morgan fingerprint density at radius 1 is 0.379 bits per heavy atom. The zero-order chi connectivity index (χ0) is 39.3. The minimum atomic E-state index is -1.95. The van der Waals surface area contributed by atoms with Crippen LogP contribution in [0, 0.1) is 23.3 Å². The van der Waals surface area contributed by atoms with Gasteiger partial charge in [-0.15, -0.1) is 0 Å². The molecule has 4 aromatic heterocycles. The SMILES string of the molecule is Fc1c(F)c(F)c2oc(-c3ccc(-c4ccc(-c5ccc(-c6ccccn6)nc5-c5ccc(-c6ccc(-c7nc8ccccc8o7)cc6)cc5)cc4)cc3)nc2c1F. The van der Waals surface area contributed by atoms with E-state index in [1.54, 1.807) is 30.5 Å². The Hall–Kier alpha value is -7.72. The van der Waals surface area contributed by atoms with Crippen LogP contribution in [0.15, 0.2) is 167 Å². The average molecular weight is 767 g/mol. The number of halogens is 4. The molecule has 6 nitrogen and oxygen atoms in total. The molecule has 0 saturated heterocycles. The lowest BCUT2D eigenvalue weighted by atomic mass is 9.95. The molecule has 0 bridgehead atoms. The van der Waals surface area contributed by atoms with Crippen molar-refractivity contribution in [2.75, 3.05) is 0 Å². The number of hydrogen-bond acceptors (Lipinski definition) is 6.